The molecule has 0 aromatic carbocycles. The van der Waals surface area contributed by atoms with E-state index in [-0.39, 0.29) is 0 Å². The molecule has 12 heavy (non-hydrogen) atoms. The van der Waals surface area contributed by atoms with Crippen molar-refractivity contribution in [3.05, 3.63) is 11.1 Å². The molecule has 1 aliphatic rings. The Balaban J connectivity index is 3.09. The Kier molecular flexibility index (Phi) is 2.53. The minimum atomic E-state index is -0.635. The highest BCUT2D eigenvalue weighted by Crippen LogP contribution is 2.15. The van der Waals surface area contributed by atoms with Crippen molar-refractivity contribution in [2.24, 2.45) is 4.99 Å². The molecule has 0 fully saturated rings. The van der Waals surface area contributed by atoms with Gasteiger partial charge in [0, 0.05) is 11.8 Å². The second kappa shape index (κ2) is 3.43. The molecule has 3 heteroatoms. The minimum Gasteiger partial charge on any atom is -0.283 e. The highest BCUT2D eigenvalue weighted by atomic mass is 16.2. The predicted octanol–water partition coefficient (Wildman–Crippen LogP) is 1.28. The molecule has 1 amide bonds. The van der Waals surface area contributed by atoms with Crippen molar-refractivity contribution >= 4 is 17.9 Å². The summed E-state index contributed by atoms with van der Waals surface area (Å²) in [7, 11) is 0. The maximum Gasteiger partial charge on any atom is 0.317 e. The average molecular weight is 165 g/mol. The zero-order valence-corrected chi connectivity index (χ0v) is 7.26. The maximum absolute atomic E-state index is 11.2. The molecular weight excluding hydrogens is 154 g/mol. The molecular formula is C9H11NO2. The number of ketones is 1. The third-order valence-electron chi connectivity index (χ3n) is 1.93. The van der Waals surface area contributed by atoms with E-state index < -0.39 is 11.7 Å². The summed E-state index contributed by atoms with van der Waals surface area (Å²) >= 11 is 0. The molecule has 1 rings (SSSR count). The molecule has 64 valence electrons. The van der Waals surface area contributed by atoms with Crippen molar-refractivity contribution in [1.29, 1.82) is 0 Å². The van der Waals surface area contributed by atoms with Crippen LogP contribution in [0.25, 0.3) is 0 Å². The molecule has 0 unspecified atom stereocenters. The lowest BCUT2D eigenvalue weighted by Crippen LogP contribution is -2.20. The largest absolute Gasteiger partial charge is 0.317 e. The van der Waals surface area contributed by atoms with Crippen LogP contribution in [0.2, 0.25) is 0 Å². The van der Waals surface area contributed by atoms with Gasteiger partial charge in [-0.15, -0.1) is 0 Å². The summed E-state index contributed by atoms with van der Waals surface area (Å²) in [4.78, 5) is 25.5. The number of carbonyl (C=O) groups is 2. The van der Waals surface area contributed by atoms with E-state index in [0.29, 0.717) is 12.0 Å². The van der Waals surface area contributed by atoms with Crippen LogP contribution in [0.5, 0.6) is 0 Å². The fourth-order valence-corrected chi connectivity index (χ4v) is 1.24. The average Bonchev–Trinajstić information content (AvgIpc) is 2.09. The lowest BCUT2D eigenvalue weighted by atomic mass is 9.98. The predicted molar refractivity (Wildman–Crippen MR) is 46.1 cm³/mol. The Morgan fingerprint density at radius 1 is 1.25 bits per heavy atom. The number of Topliss-reactive ketones (excluding diaryl/α,β-unsaturated/α-hetero) is 1. The summed E-state index contributed by atoms with van der Waals surface area (Å²) < 4.78 is 0. The van der Waals surface area contributed by atoms with Crippen LogP contribution in [0.1, 0.15) is 26.7 Å². The Hall–Kier alpha value is -1.25. The zero-order chi connectivity index (χ0) is 9.14. The van der Waals surface area contributed by atoms with Crippen LogP contribution in [-0.4, -0.2) is 17.9 Å². The molecule has 0 saturated heterocycles. The number of rotatable bonds is 2. The second-order valence-corrected chi connectivity index (χ2v) is 2.60. The van der Waals surface area contributed by atoms with Gasteiger partial charge in [-0.3, -0.25) is 9.59 Å². The number of hydrogen-bond acceptors (Lipinski definition) is 2. The first-order valence-electron chi connectivity index (χ1n) is 4.05. The van der Waals surface area contributed by atoms with E-state index in [1.807, 2.05) is 13.8 Å². The molecule has 0 aliphatic carbocycles. The monoisotopic (exact) mass is 165 g/mol. The van der Waals surface area contributed by atoms with E-state index in [4.69, 9.17) is 0 Å². The standard InChI is InChI=1S/C9H11NO2/c1-3-6-5-10-9(12)8(11)7(6)4-2/h5H,3-4H2,1-2H3. The number of dihydropyridines is 1. The molecule has 0 aromatic rings. The molecule has 0 spiro atoms. The SMILES string of the molecule is CCC1=C(CC)C(=O)C(=O)N=C1. The van der Waals surface area contributed by atoms with E-state index >= 15 is 0 Å². The van der Waals surface area contributed by atoms with E-state index in [0.717, 1.165) is 12.0 Å². The van der Waals surface area contributed by atoms with Crippen molar-refractivity contribution in [3.63, 3.8) is 0 Å². The molecule has 3 nitrogen and oxygen atoms in total. The first kappa shape index (κ1) is 8.84. The lowest BCUT2D eigenvalue weighted by Gasteiger charge is -2.09. The number of carbonyl (C=O) groups excluding carboxylic acids is 2. The van der Waals surface area contributed by atoms with E-state index in [1.165, 1.54) is 6.21 Å². The van der Waals surface area contributed by atoms with Gasteiger partial charge in [0.1, 0.15) is 0 Å². The van der Waals surface area contributed by atoms with E-state index in [2.05, 4.69) is 4.99 Å². The van der Waals surface area contributed by atoms with Crippen LogP contribution in [-0.2, 0) is 9.59 Å². The van der Waals surface area contributed by atoms with Crippen LogP contribution in [0.15, 0.2) is 16.1 Å². The molecule has 0 atom stereocenters. The lowest BCUT2D eigenvalue weighted by molar-refractivity contribution is -0.133. The summed E-state index contributed by atoms with van der Waals surface area (Å²) in [5.74, 6) is -1.07. The van der Waals surface area contributed by atoms with Crippen molar-refractivity contribution in [2.75, 3.05) is 0 Å². The van der Waals surface area contributed by atoms with Crippen LogP contribution < -0.4 is 0 Å². The maximum atomic E-state index is 11.2. The number of amides is 1. The number of aliphatic imine (C=N–C) groups is 1. The third kappa shape index (κ3) is 1.35. The van der Waals surface area contributed by atoms with Gasteiger partial charge in [0.25, 0.3) is 0 Å². The van der Waals surface area contributed by atoms with Gasteiger partial charge >= 0.3 is 5.91 Å². The molecule has 1 heterocycles. The second-order valence-electron chi connectivity index (χ2n) is 2.60. The molecule has 0 N–H and O–H groups in total. The van der Waals surface area contributed by atoms with Gasteiger partial charge in [0.15, 0.2) is 0 Å². The normalized spacial score (nSPS) is 17.5. The Bertz CT molecular complexity index is 287. The summed E-state index contributed by atoms with van der Waals surface area (Å²) in [6.07, 6.45) is 2.87. The Morgan fingerprint density at radius 3 is 2.42 bits per heavy atom. The van der Waals surface area contributed by atoms with Gasteiger partial charge in [-0.05, 0) is 18.4 Å². The van der Waals surface area contributed by atoms with Crippen LogP contribution in [0.4, 0.5) is 0 Å². The van der Waals surface area contributed by atoms with Crippen LogP contribution in [0, 0.1) is 0 Å². The molecule has 0 bridgehead atoms. The van der Waals surface area contributed by atoms with Gasteiger partial charge in [-0.2, -0.15) is 0 Å². The number of allylic oxidation sites excluding steroid dienone is 1. The highest BCUT2D eigenvalue weighted by Gasteiger charge is 2.22. The zero-order valence-electron chi connectivity index (χ0n) is 7.26. The van der Waals surface area contributed by atoms with E-state index in [1.54, 1.807) is 0 Å². The van der Waals surface area contributed by atoms with Gasteiger partial charge < -0.3 is 0 Å². The van der Waals surface area contributed by atoms with Crippen molar-refractivity contribution in [1.82, 2.24) is 0 Å². The number of nitrogens with zero attached hydrogens (tertiary/aromatic N) is 1. The minimum absolute atomic E-state index is 0.433. The Morgan fingerprint density at radius 2 is 1.92 bits per heavy atom. The topological polar surface area (TPSA) is 46.5 Å². The summed E-state index contributed by atoms with van der Waals surface area (Å²) in [5, 5.41) is 0. The quantitative estimate of drug-likeness (QED) is 0.579. The summed E-state index contributed by atoms with van der Waals surface area (Å²) in [5.41, 5.74) is 1.51. The van der Waals surface area contributed by atoms with Crippen molar-refractivity contribution < 1.29 is 9.59 Å². The first-order valence-corrected chi connectivity index (χ1v) is 4.05. The van der Waals surface area contributed by atoms with Gasteiger partial charge in [0.05, 0.1) is 0 Å². The summed E-state index contributed by atoms with van der Waals surface area (Å²) in [6, 6.07) is 0. The van der Waals surface area contributed by atoms with Crippen molar-refractivity contribution in [2.45, 2.75) is 26.7 Å². The molecule has 1 aliphatic heterocycles. The fraction of sp³-hybridized carbons (Fsp3) is 0.444. The molecule has 0 radical (unpaired) electrons. The Labute approximate surface area is 71.2 Å². The summed E-state index contributed by atoms with van der Waals surface area (Å²) in [6.45, 7) is 3.81. The van der Waals surface area contributed by atoms with Crippen LogP contribution >= 0.6 is 0 Å². The van der Waals surface area contributed by atoms with Gasteiger partial charge in [0.2, 0.25) is 5.78 Å². The van der Waals surface area contributed by atoms with Gasteiger partial charge in [-0.25, -0.2) is 4.99 Å². The molecule has 0 aromatic heterocycles. The van der Waals surface area contributed by atoms with Crippen molar-refractivity contribution in [3.8, 4) is 0 Å². The smallest absolute Gasteiger partial charge is 0.283 e. The first-order chi connectivity index (χ1) is 5.70. The fourth-order valence-electron chi connectivity index (χ4n) is 1.24. The van der Waals surface area contributed by atoms with Gasteiger partial charge in [-0.1, -0.05) is 13.8 Å². The van der Waals surface area contributed by atoms with E-state index in [9.17, 15) is 9.59 Å². The molecule has 0 saturated carbocycles. The highest BCUT2D eigenvalue weighted by molar-refractivity contribution is 6.46. The van der Waals surface area contributed by atoms with Crippen LogP contribution in [0.3, 0.4) is 0 Å². The number of hydrogen-bond donors (Lipinski definition) is 0. The third-order valence-corrected chi connectivity index (χ3v) is 1.93.